The van der Waals surface area contributed by atoms with Gasteiger partial charge in [-0.2, -0.15) is 5.10 Å². The van der Waals surface area contributed by atoms with Crippen LogP contribution in [-0.2, 0) is 13.0 Å². The van der Waals surface area contributed by atoms with Crippen LogP contribution in [0.1, 0.15) is 39.4 Å². The van der Waals surface area contributed by atoms with E-state index < -0.39 is 0 Å². The average Bonchev–Trinajstić information content (AvgIpc) is 3.29. The molecule has 1 aromatic carbocycles. The maximum atomic E-state index is 12.9. The van der Waals surface area contributed by atoms with Crippen LogP contribution >= 0.6 is 0 Å². The van der Waals surface area contributed by atoms with Gasteiger partial charge in [-0.05, 0) is 49.8 Å². The number of carbonyl (C=O) groups excluding carboxylic acids is 1. The van der Waals surface area contributed by atoms with Crippen LogP contribution in [0, 0.1) is 19.8 Å². The molecule has 3 heterocycles. The van der Waals surface area contributed by atoms with Crippen molar-refractivity contribution in [2.24, 2.45) is 5.92 Å². The molecule has 1 aliphatic rings. The lowest BCUT2D eigenvalue weighted by molar-refractivity contribution is 0.0781. The smallest absolute Gasteiger partial charge is 0.274 e. The Labute approximate surface area is 158 Å². The van der Waals surface area contributed by atoms with Gasteiger partial charge in [-0.25, -0.2) is 9.50 Å². The molecule has 1 aliphatic heterocycles. The van der Waals surface area contributed by atoms with Gasteiger partial charge < -0.3 is 10.0 Å². The van der Waals surface area contributed by atoms with Crippen LogP contribution in [0.4, 0.5) is 0 Å². The Bertz CT molecular complexity index is 978. The van der Waals surface area contributed by atoms with E-state index in [2.05, 4.69) is 22.2 Å². The van der Waals surface area contributed by atoms with E-state index in [-0.39, 0.29) is 12.5 Å². The van der Waals surface area contributed by atoms with Gasteiger partial charge in [0.25, 0.3) is 5.91 Å². The van der Waals surface area contributed by atoms with Crippen molar-refractivity contribution in [1.29, 1.82) is 0 Å². The molecule has 0 radical (unpaired) electrons. The number of aromatic nitrogens is 3. The van der Waals surface area contributed by atoms with E-state index in [1.165, 1.54) is 5.56 Å². The molecule has 2 aromatic heterocycles. The zero-order valence-electron chi connectivity index (χ0n) is 15.7. The summed E-state index contributed by atoms with van der Waals surface area (Å²) < 4.78 is 1.73. The fourth-order valence-electron chi connectivity index (χ4n) is 3.85. The molecule has 1 N–H and O–H groups in total. The number of amides is 1. The number of benzene rings is 1. The highest BCUT2D eigenvalue weighted by Gasteiger charge is 2.28. The summed E-state index contributed by atoms with van der Waals surface area (Å²) in [5.41, 5.74) is 5.25. The maximum Gasteiger partial charge on any atom is 0.274 e. The van der Waals surface area contributed by atoms with Crippen molar-refractivity contribution in [2.45, 2.75) is 33.3 Å². The normalized spacial score (nSPS) is 17.0. The van der Waals surface area contributed by atoms with Crippen molar-refractivity contribution in [3.05, 3.63) is 64.6 Å². The molecule has 3 aromatic rings. The Balaban J connectivity index is 1.45. The van der Waals surface area contributed by atoms with Crippen LogP contribution in [0.2, 0.25) is 0 Å². The van der Waals surface area contributed by atoms with Gasteiger partial charge in [0.15, 0.2) is 11.3 Å². The first kappa shape index (κ1) is 17.7. The van der Waals surface area contributed by atoms with E-state index >= 15 is 0 Å². The molecule has 1 fully saturated rings. The number of rotatable bonds is 4. The second-order valence-electron chi connectivity index (χ2n) is 7.42. The lowest BCUT2D eigenvalue weighted by Gasteiger charge is -2.15. The van der Waals surface area contributed by atoms with Gasteiger partial charge in [-0.15, -0.1) is 0 Å². The fourth-order valence-corrected chi connectivity index (χ4v) is 3.85. The first-order chi connectivity index (χ1) is 13.0. The molecule has 0 aliphatic carbocycles. The Morgan fingerprint density at radius 1 is 1.19 bits per heavy atom. The van der Waals surface area contributed by atoms with Gasteiger partial charge in [0, 0.05) is 30.5 Å². The minimum atomic E-state index is -0.0179. The van der Waals surface area contributed by atoms with Crippen LogP contribution in [0.25, 0.3) is 5.65 Å². The summed E-state index contributed by atoms with van der Waals surface area (Å²) in [6.07, 6.45) is 1.94. The number of likely N-dealkylation sites (tertiary alicyclic amines) is 1. The van der Waals surface area contributed by atoms with Crippen LogP contribution in [0.3, 0.4) is 0 Å². The molecule has 27 heavy (non-hydrogen) atoms. The number of fused-ring (bicyclic) bond motifs is 1. The standard InChI is InChI=1S/C21H24N4O2/c1-14-9-15(2)25-20(22-14)11-19(23-25)21(27)24-8-7-18(12-24)10-16-3-5-17(13-26)6-4-16/h3-6,9,11,18,26H,7-8,10,12-13H2,1-2H3/t18-/m1/s1. The summed E-state index contributed by atoms with van der Waals surface area (Å²) in [5, 5.41) is 13.6. The van der Waals surface area contributed by atoms with Crippen LogP contribution < -0.4 is 0 Å². The number of carbonyl (C=O) groups is 1. The van der Waals surface area contributed by atoms with Crippen LogP contribution in [0.5, 0.6) is 0 Å². The summed E-state index contributed by atoms with van der Waals surface area (Å²) >= 11 is 0. The minimum Gasteiger partial charge on any atom is -0.392 e. The van der Waals surface area contributed by atoms with Gasteiger partial charge in [0.2, 0.25) is 0 Å². The maximum absolute atomic E-state index is 12.9. The summed E-state index contributed by atoms with van der Waals surface area (Å²) in [6.45, 7) is 5.49. The van der Waals surface area contributed by atoms with Crippen molar-refractivity contribution >= 4 is 11.6 Å². The summed E-state index contributed by atoms with van der Waals surface area (Å²) in [4.78, 5) is 19.3. The first-order valence-electron chi connectivity index (χ1n) is 9.35. The SMILES string of the molecule is Cc1cc(C)n2nc(C(=O)N3CC[C@H](Cc4ccc(CO)cc4)C3)cc2n1. The van der Waals surface area contributed by atoms with Crippen LogP contribution in [-0.4, -0.2) is 43.6 Å². The second-order valence-corrected chi connectivity index (χ2v) is 7.42. The molecular weight excluding hydrogens is 340 g/mol. The molecule has 140 valence electrons. The quantitative estimate of drug-likeness (QED) is 0.772. The lowest BCUT2D eigenvalue weighted by Crippen LogP contribution is -2.29. The third-order valence-corrected chi connectivity index (χ3v) is 5.26. The van der Waals surface area contributed by atoms with Gasteiger partial charge in [0.05, 0.1) is 6.61 Å². The zero-order chi connectivity index (χ0) is 19.0. The predicted octanol–water partition coefficient (Wildman–Crippen LogP) is 2.54. The number of aryl methyl sites for hydroxylation is 2. The van der Waals surface area contributed by atoms with E-state index in [0.717, 1.165) is 48.5 Å². The largest absolute Gasteiger partial charge is 0.392 e. The molecule has 6 heteroatoms. The fraction of sp³-hybridized carbons (Fsp3) is 0.381. The van der Waals surface area contributed by atoms with Crippen LogP contribution in [0.15, 0.2) is 36.4 Å². The number of aliphatic hydroxyl groups excluding tert-OH is 1. The van der Waals surface area contributed by atoms with E-state index in [1.807, 2.05) is 36.9 Å². The highest BCUT2D eigenvalue weighted by atomic mass is 16.3. The lowest BCUT2D eigenvalue weighted by atomic mass is 9.98. The monoisotopic (exact) mass is 364 g/mol. The van der Waals surface area contributed by atoms with Gasteiger partial charge in [-0.1, -0.05) is 24.3 Å². The third kappa shape index (κ3) is 3.57. The van der Waals surface area contributed by atoms with E-state index in [0.29, 0.717) is 11.6 Å². The molecule has 1 saturated heterocycles. The van der Waals surface area contributed by atoms with Crippen molar-refractivity contribution in [3.63, 3.8) is 0 Å². The van der Waals surface area contributed by atoms with Gasteiger partial charge in [-0.3, -0.25) is 4.79 Å². The molecule has 0 bridgehead atoms. The van der Waals surface area contributed by atoms with E-state index in [1.54, 1.807) is 10.6 Å². The highest BCUT2D eigenvalue weighted by Crippen LogP contribution is 2.23. The summed E-state index contributed by atoms with van der Waals surface area (Å²) in [6, 6.07) is 11.8. The van der Waals surface area contributed by atoms with Crippen molar-refractivity contribution in [3.8, 4) is 0 Å². The van der Waals surface area contributed by atoms with E-state index in [4.69, 9.17) is 5.11 Å². The number of aliphatic hydroxyl groups is 1. The Kier molecular flexibility index (Phi) is 4.66. The summed E-state index contributed by atoms with van der Waals surface area (Å²) in [5.74, 6) is 0.434. The molecule has 0 spiro atoms. The van der Waals surface area contributed by atoms with Gasteiger partial charge >= 0.3 is 0 Å². The van der Waals surface area contributed by atoms with Crippen molar-refractivity contribution < 1.29 is 9.90 Å². The van der Waals surface area contributed by atoms with Gasteiger partial charge in [0.1, 0.15) is 0 Å². The highest BCUT2D eigenvalue weighted by molar-refractivity contribution is 5.93. The minimum absolute atomic E-state index is 0.0179. The topological polar surface area (TPSA) is 70.7 Å². The number of nitrogens with zero attached hydrogens (tertiary/aromatic N) is 4. The number of hydrogen-bond acceptors (Lipinski definition) is 4. The Morgan fingerprint density at radius 3 is 2.67 bits per heavy atom. The zero-order valence-corrected chi connectivity index (χ0v) is 15.7. The summed E-state index contributed by atoms with van der Waals surface area (Å²) in [7, 11) is 0. The number of hydrogen-bond donors (Lipinski definition) is 1. The van der Waals surface area contributed by atoms with E-state index in [9.17, 15) is 4.79 Å². The Morgan fingerprint density at radius 2 is 1.93 bits per heavy atom. The Hall–Kier alpha value is -2.73. The third-order valence-electron chi connectivity index (χ3n) is 5.26. The molecule has 0 saturated carbocycles. The molecule has 0 unspecified atom stereocenters. The first-order valence-corrected chi connectivity index (χ1v) is 9.35. The molecule has 1 amide bonds. The van der Waals surface area contributed by atoms with Crippen molar-refractivity contribution in [2.75, 3.05) is 13.1 Å². The molecule has 4 rings (SSSR count). The predicted molar refractivity (Wildman–Crippen MR) is 103 cm³/mol. The molecular formula is C21H24N4O2. The van der Waals surface area contributed by atoms with Crippen molar-refractivity contribution in [1.82, 2.24) is 19.5 Å². The molecule has 6 nitrogen and oxygen atoms in total. The second kappa shape index (κ2) is 7.12. The average molecular weight is 364 g/mol. The molecule has 1 atom stereocenters.